The lowest BCUT2D eigenvalue weighted by atomic mass is 9.85. The molecule has 0 heterocycles. The molecule has 0 bridgehead atoms. The van der Waals surface area contributed by atoms with E-state index in [-0.39, 0.29) is 5.97 Å². The third kappa shape index (κ3) is 2.63. The first-order chi connectivity index (χ1) is 8.05. The van der Waals surface area contributed by atoms with Gasteiger partial charge in [-0.15, -0.1) is 0 Å². The summed E-state index contributed by atoms with van der Waals surface area (Å²) in [7, 11) is 3.58. The van der Waals surface area contributed by atoms with E-state index in [2.05, 4.69) is 11.9 Å². The second kappa shape index (κ2) is 4.94. The summed E-state index contributed by atoms with van der Waals surface area (Å²) in [4.78, 5) is 14.0. The average molecular weight is 240 g/mol. The van der Waals surface area contributed by atoms with Gasteiger partial charge in [0.05, 0.1) is 7.11 Å². The van der Waals surface area contributed by atoms with E-state index in [1.807, 2.05) is 0 Å². The first kappa shape index (κ1) is 12.8. The van der Waals surface area contributed by atoms with Crippen LogP contribution in [0.2, 0.25) is 0 Å². The number of nitrogens with two attached hydrogens (primary N) is 1. The highest BCUT2D eigenvalue weighted by atomic mass is 16.5. The number of carbonyl (C=O) groups is 1. The molecule has 2 fully saturated rings. The normalized spacial score (nSPS) is 33.8. The molecule has 0 radical (unpaired) electrons. The van der Waals surface area contributed by atoms with Crippen molar-refractivity contribution in [2.24, 2.45) is 11.7 Å². The molecule has 2 aliphatic rings. The lowest BCUT2D eigenvalue weighted by Crippen LogP contribution is -2.48. The Bertz CT molecular complexity index is 291. The molecule has 17 heavy (non-hydrogen) atoms. The average Bonchev–Trinajstić information content (AvgIpc) is 2.66. The van der Waals surface area contributed by atoms with Crippen molar-refractivity contribution in [1.82, 2.24) is 4.90 Å². The summed E-state index contributed by atoms with van der Waals surface area (Å²) < 4.78 is 4.80. The van der Waals surface area contributed by atoms with E-state index in [9.17, 15) is 4.79 Å². The Kier molecular flexibility index (Phi) is 3.73. The molecule has 2 saturated carbocycles. The van der Waals surface area contributed by atoms with Crippen LogP contribution in [-0.2, 0) is 9.53 Å². The number of ether oxygens (including phenoxy) is 1. The molecular formula is C13H24N2O2. The Balaban J connectivity index is 1.85. The van der Waals surface area contributed by atoms with Gasteiger partial charge in [0.25, 0.3) is 0 Å². The zero-order valence-corrected chi connectivity index (χ0v) is 10.9. The first-order valence-corrected chi connectivity index (χ1v) is 6.63. The van der Waals surface area contributed by atoms with Crippen molar-refractivity contribution < 1.29 is 9.53 Å². The third-order valence-electron chi connectivity index (χ3n) is 4.51. The van der Waals surface area contributed by atoms with Crippen LogP contribution in [0.1, 0.15) is 38.5 Å². The fourth-order valence-electron chi connectivity index (χ4n) is 3.05. The van der Waals surface area contributed by atoms with Crippen LogP contribution in [0.4, 0.5) is 0 Å². The molecule has 2 aliphatic carbocycles. The van der Waals surface area contributed by atoms with Gasteiger partial charge in [-0.1, -0.05) is 6.42 Å². The van der Waals surface area contributed by atoms with Gasteiger partial charge < -0.3 is 15.4 Å². The van der Waals surface area contributed by atoms with Crippen LogP contribution < -0.4 is 5.73 Å². The molecule has 2 rings (SSSR count). The molecule has 0 amide bonds. The van der Waals surface area contributed by atoms with Gasteiger partial charge in [-0.2, -0.15) is 0 Å². The minimum absolute atomic E-state index is 0.253. The number of nitrogens with zero attached hydrogens (tertiary/aromatic N) is 1. The number of hydrogen-bond acceptors (Lipinski definition) is 4. The van der Waals surface area contributed by atoms with Gasteiger partial charge in [0.2, 0.25) is 0 Å². The predicted octanol–water partition coefficient (Wildman–Crippen LogP) is 1.14. The van der Waals surface area contributed by atoms with Gasteiger partial charge in [-0.25, -0.2) is 0 Å². The van der Waals surface area contributed by atoms with E-state index in [4.69, 9.17) is 10.5 Å². The molecule has 0 aliphatic heterocycles. The van der Waals surface area contributed by atoms with E-state index in [0.29, 0.717) is 6.04 Å². The van der Waals surface area contributed by atoms with Crippen molar-refractivity contribution in [1.29, 1.82) is 0 Å². The molecule has 2 atom stereocenters. The summed E-state index contributed by atoms with van der Waals surface area (Å²) in [5.74, 6) is 0.614. The molecule has 0 aromatic rings. The number of esters is 1. The van der Waals surface area contributed by atoms with Crippen LogP contribution in [0.3, 0.4) is 0 Å². The van der Waals surface area contributed by atoms with Gasteiger partial charge in [0.15, 0.2) is 0 Å². The van der Waals surface area contributed by atoms with E-state index < -0.39 is 5.54 Å². The van der Waals surface area contributed by atoms with Crippen LogP contribution in [0.15, 0.2) is 0 Å². The van der Waals surface area contributed by atoms with Crippen molar-refractivity contribution >= 4 is 5.97 Å². The second-order valence-corrected chi connectivity index (χ2v) is 5.78. The Morgan fingerprint density at radius 1 is 1.47 bits per heavy atom. The van der Waals surface area contributed by atoms with Gasteiger partial charge in [-0.3, -0.25) is 4.79 Å². The summed E-state index contributed by atoms with van der Waals surface area (Å²) in [5.41, 5.74) is 5.37. The third-order valence-corrected chi connectivity index (χ3v) is 4.51. The molecule has 2 N–H and O–H groups in total. The maximum Gasteiger partial charge on any atom is 0.325 e. The highest BCUT2D eigenvalue weighted by molar-refractivity contribution is 5.81. The smallest absolute Gasteiger partial charge is 0.325 e. The van der Waals surface area contributed by atoms with Crippen molar-refractivity contribution in [2.75, 3.05) is 20.7 Å². The Morgan fingerprint density at radius 3 is 2.71 bits per heavy atom. The van der Waals surface area contributed by atoms with E-state index in [0.717, 1.165) is 31.7 Å². The monoisotopic (exact) mass is 240 g/mol. The molecule has 0 aromatic heterocycles. The molecule has 0 saturated heterocycles. The fourth-order valence-corrected chi connectivity index (χ4v) is 3.05. The molecule has 0 spiro atoms. The molecule has 4 heteroatoms. The van der Waals surface area contributed by atoms with Crippen LogP contribution in [0.5, 0.6) is 0 Å². The number of hydrogen-bond donors (Lipinski definition) is 1. The Labute approximate surface area is 103 Å². The SMILES string of the molecule is COC(=O)C1(N)CCC(N(C)CC2CCC2)C1. The Morgan fingerprint density at radius 2 is 2.18 bits per heavy atom. The quantitative estimate of drug-likeness (QED) is 0.749. The number of methoxy groups -OCH3 is 1. The van der Waals surface area contributed by atoms with Crippen LogP contribution in [0, 0.1) is 5.92 Å². The van der Waals surface area contributed by atoms with Gasteiger partial charge in [0, 0.05) is 12.6 Å². The standard InChI is InChI=1S/C13H24N2O2/c1-15(9-10-4-3-5-10)11-6-7-13(14,8-11)12(16)17-2/h10-11H,3-9,14H2,1-2H3. The molecule has 2 unspecified atom stereocenters. The zero-order chi connectivity index (χ0) is 12.5. The first-order valence-electron chi connectivity index (χ1n) is 6.63. The van der Waals surface area contributed by atoms with Gasteiger partial charge in [0.1, 0.15) is 5.54 Å². The van der Waals surface area contributed by atoms with E-state index in [1.54, 1.807) is 0 Å². The summed E-state index contributed by atoms with van der Waals surface area (Å²) in [5, 5.41) is 0. The van der Waals surface area contributed by atoms with Crippen molar-refractivity contribution in [3.63, 3.8) is 0 Å². The Hall–Kier alpha value is -0.610. The van der Waals surface area contributed by atoms with E-state index >= 15 is 0 Å². The zero-order valence-electron chi connectivity index (χ0n) is 10.9. The molecular weight excluding hydrogens is 216 g/mol. The predicted molar refractivity (Wildman–Crippen MR) is 66.5 cm³/mol. The van der Waals surface area contributed by atoms with Crippen LogP contribution >= 0.6 is 0 Å². The fraction of sp³-hybridized carbons (Fsp3) is 0.923. The van der Waals surface area contributed by atoms with Crippen molar-refractivity contribution in [2.45, 2.75) is 50.1 Å². The largest absolute Gasteiger partial charge is 0.468 e. The summed E-state index contributed by atoms with van der Waals surface area (Å²) in [6.45, 7) is 1.15. The van der Waals surface area contributed by atoms with Crippen molar-refractivity contribution in [3.8, 4) is 0 Å². The number of carbonyl (C=O) groups excluding carboxylic acids is 1. The van der Waals surface area contributed by atoms with Crippen molar-refractivity contribution in [3.05, 3.63) is 0 Å². The van der Waals surface area contributed by atoms with Crippen LogP contribution in [-0.4, -0.2) is 43.2 Å². The van der Waals surface area contributed by atoms with E-state index in [1.165, 1.54) is 26.4 Å². The minimum Gasteiger partial charge on any atom is -0.468 e. The van der Waals surface area contributed by atoms with Gasteiger partial charge >= 0.3 is 5.97 Å². The van der Waals surface area contributed by atoms with Gasteiger partial charge in [-0.05, 0) is 45.1 Å². The molecule has 0 aromatic carbocycles. The minimum atomic E-state index is -0.743. The summed E-state index contributed by atoms with van der Waals surface area (Å²) in [6.07, 6.45) is 6.60. The highest BCUT2D eigenvalue weighted by Crippen LogP contribution is 2.34. The number of rotatable bonds is 4. The lowest BCUT2D eigenvalue weighted by molar-refractivity contribution is -0.146. The molecule has 4 nitrogen and oxygen atoms in total. The molecule has 98 valence electrons. The highest BCUT2D eigenvalue weighted by Gasteiger charge is 2.44. The topological polar surface area (TPSA) is 55.6 Å². The second-order valence-electron chi connectivity index (χ2n) is 5.78. The maximum atomic E-state index is 11.6. The lowest BCUT2D eigenvalue weighted by Gasteiger charge is -2.33. The van der Waals surface area contributed by atoms with Crippen LogP contribution in [0.25, 0.3) is 0 Å². The maximum absolute atomic E-state index is 11.6. The summed E-state index contributed by atoms with van der Waals surface area (Å²) in [6, 6.07) is 0.444. The summed E-state index contributed by atoms with van der Waals surface area (Å²) >= 11 is 0.